The number of aromatic nitrogens is 3. The van der Waals surface area contributed by atoms with Crippen LogP contribution in [0.15, 0.2) is 30.5 Å². The van der Waals surface area contributed by atoms with E-state index in [1.54, 1.807) is 4.68 Å². The minimum Gasteiger partial charge on any atom is -0.399 e. The largest absolute Gasteiger partial charge is 0.399 e. The van der Waals surface area contributed by atoms with Gasteiger partial charge in [-0.05, 0) is 19.1 Å². The Labute approximate surface area is 82.4 Å². The summed E-state index contributed by atoms with van der Waals surface area (Å²) in [6, 6.07) is 7.63. The third-order valence-corrected chi connectivity index (χ3v) is 2.05. The minimum atomic E-state index is 0.744. The standard InChI is InChI=1S/C10H12N4/c1-2-14-7-10(12-13-14)8-4-3-5-9(11)6-8/h3-7H,2,11H2,1H3. The van der Waals surface area contributed by atoms with Crippen molar-refractivity contribution in [3.05, 3.63) is 30.5 Å². The molecule has 0 saturated heterocycles. The van der Waals surface area contributed by atoms with Gasteiger partial charge in [-0.15, -0.1) is 5.10 Å². The van der Waals surface area contributed by atoms with Crippen LogP contribution in [0.2, 0.25) is 0 Å². The Morgan fingerprint density at radius 3 is 2.93 bits per heavy atom. The molecule has 72 valence electrons. The number of hydrogen-bond acceptors (Lipinski definition) is 3. The van der Waals surface area contributed by atoms with E-state index in [2.05, 4.69) is 10.3 Å². The van der Waals surface area contributed by atoms with Crippen molar-refractivity contribution in [3.8, 4) is 11.3 Å². The molecule has 0 atom stereocenters. The maximum absolute atomic E-state index is 5.68. The smallest absolute Gasteiger partial charge is 0.113 e. The Hall–Kier alpha value is -1.84. The quantitative estimate of drug-likeness (QED) is 0.727. The second-order valence-electron chi connectivity index (χ2n) is 3.08. The summed E-state index contributed by atoms with van der Waals surface area (Å²) in [6.07, 6.45) is 1.91. The van der Waals surface area contributed by atoms with Gasteiger partial charge in [-0.1, -0.05) is 17.3 Å². The van der Waals surface area contributed by atoms with Crippen LogP contribution in [0.4, 0.5) is 5.69 Å². The van der Waals surface area contributed by atoms with E-state index < -0.39 is 0 Å². The molecule has 14 heavy (non-hydrogen) atoms. The van der Waals surface area contributed by atoms with Crippen LogP contribution in [0.3, 0.4) is 0 Å². The Morgan fingerprint density at radius 1 is 1.43 bits per heavy atom. The van der Waals surface area contributed by atoms with Crippen molar-refractivity contribution in [2.45, 2.75) is 13.5 Å². The summed E-state index contributed by atoms with van der Waals surface area (Å²) < 4.78 is 1.79. The van der Waals surface area contributed by atoms with Gasteiger partial charge in [0.15, 0.2) is 0 Å². The third kappa shape index (κ3) is 1.59. The van der Waals surface area contributed by atoms with Crippen molar-refractivity contribution in [3.63, 3.8) is 0 Å². The number of hydrogen-bond donors (Lipinski definition) is 1. The maximum Gasteiger partial charge on any atom is 0.113 e. The van der Waals surface area contributed by atoms with Gasteiger partial charge in [0.05, 0.1) is 6.20 Å². The van der Waals surface area contributed by atoms with E-state index in [0.717, 1.165) is 23.5 Å². The number of aryl methyl sites for hydroxylation is 1. The summed E-state index contributed by atoms with van der Waals surface area (Å²) in [7, 11) is 0. The van der Waals surface area contributed by atoms with Gasteiger partial charge in [-0.3, -0.25) is 4.68 Å². The molecule has 0 amide bonds. The van der Waals surface area contributed by atoms with Gasteiger partial charge in [-0.25, -0.2) is 0 Å². The summed E-state index contributed by atoms with van der Waals surface area (Å²) in [4.78, 5) is 0. The Balaban J connectivity index is 2.39. The lowest BCUT2D eigenvalue weighted by Gasteiger charge is -1.96. The summed E-state index contributed by atoms with van der Waals surface area (Å²) in [6.45, 7) is 2.85. The van der Waals surface area contributed by atoms with Gasteiger partial charge in [0.1, 0.15) is 5.69 Å². The lowest BCUT2D eigenvalue weighted by molar-refractivity contribution is 0.627. The number of rotatable bonds is 2. The second kappa shape index (κ2) is 3.49. The molecule has 1 heterocycles. The molecule has 4 nitrogen and oxygen atoms in total. The first-order valence-electron chi connectivity index (χ1n) is 4.55. The van der Waals surface area contributed by atoms with Crippen LogP contribution in [0.5, 0.6) is 0 Å². The zero-order valence-electron chi connectivity index (χ0n) is 8.01. The van der Waals surface area contributed by atoms with Gasteiger partial charge in [-0.2, -0.15) is 0 Å². The van der Waals surface area contributed by atoms with Crippen molar-refractivity contribution in [1.82, 2.24) is 15.0 Å². The first-order chi connectivity index (χ1) is 6.79. The highest BCUT2D eigenvalue weighted by atomic mass is 15.4. The zero-order chi connectivity index (χ0) is 9.97. The van der Waals surface area contributed by atoms with E-state index >= 15 is 0 Å². The molecule has 1 aromatic carbocycles. The van der Waals surface area contributed by atoms with Gasteiger partial charge < -0.3 is 5.73 Å². The van der Waals surface area contributed by atoms with E-state index in [1.165, 1.54) is 0 Å². The minimum absolute atomic E-state index is 0.744. The molecule has 0 fully saturated rings. The SMILES string of the molecule is CCn1cc(-c2cccc(N)c2)nn1. The molecular weight excluding hydrogens is 176 g/mol. The van der Waals surface area contributed by atoms with E-state index in [0.29, 0.717) is 0 Å². The van der Waals surface area contributed by atoms with E-state index in [4.69, 9.17) is 5.73 Å². The molecule has 0 unspecified atom stereocenters. The number of nitrogens with zero attached hydrogens (tertiary/aromatic N) is 3. The first-order valence-corrected chi connectivity index (χ1v) is 4.55. The predicted molar refractivity (Wildman–Crippen MR) is 55.5 cm³/mol. The Bertz CT molecular complexity index is 433. The number of nitrogens with two attached hydrogens (primary N) is 1. The van der Waals surface area contributed by atoms with Crippen LogP contribution in [0.1, 0.15) is 6.92 Å². The fourth-order valence-electron chi connectivity index (χ4n) is 1.28. The molecule has 0 bridgehead atoms. The maximum atomic E-state index is 5.68. The zero-order valence-corrected chi connectivity index (χ0v) is 8.01. The summed E-state index contributed by atoms with van der Waals surface area (Å²) in [5, 5.41) is 8.02. The van der Waals surface area contributed by atoms with Crippen LogP contribution in [-0.2, 0) is 6.54 Å². The van der Waals surface area contributed by atoms with Crippen molar-refractivity contribution in [2.24, 2.45) is 0 Å². The average molecular weight is 188 g/mol. The number of nitrogen functional groups attached to an aromatic ring is 1. The lowest BCUT2D eigenvalue weighted by atomic mass is 10.1. The molecule has 2 aromatic rings. The van der Waals surface area contributed by atoms with Crippen molar-refractivity contribution in [2.75, 3.05) is 5.73 Å². The lowest BCUT2D eigenvalue weighted by Crippen LogP contribution is -1.93. The second-order valence-corrected chi connectivity index (χ2v) is 3.08. The topological polar surface area (TPSA) is 56.7 Å². The van der Waals surface area contributed by atoms with Crippen molar-refractivity contribution < 1.29 is 0 Å². The highest BCUT2D eigenvalue weighted by Crippen LogP contribution is 2.18. The normalized spacial score (nSPS) is 10.4. The molecule has 0 saturated carbocycles. The molecular formula is C10H12N4. The number of anilines is 1. The highest BCUT2D eigenvalue weighted by molar-refractivity contribution is 5.62. The van der Waals surface area contributed by atoms with Gasteiger partial charge >= 0.3 is 0 Å². The van der Waals surface area contributed by atoms with Crippen LogP contribution in [0.25, 0.3) is 11.3 Å². The molecule has 2 N–H and O–H groups in total. The monoisotopic (exact) mass is 188 g/mol. The molecule has 0 aliphatic heterocycles. The first kappa shape index (κ1) is 8.74. The van der Waals surface area contributed by atoms with Gasteiger partial charge in [0, 0.05) is 17.8 Å². The molecule has 4 heteroatoms. The van der Waals surface area contributed by atoms with Crippen LogP contribution >= 0.6 is 0 Å². The van der Waals surface area contributed by atoms with Gasteiger partial charge in [0.2, 0.25) is 0 Å². The third-order valence-electron chi connectivity index (χ3n) is 2.05. The molecule has 1 aromatic heterocycles. The van der Waals surface area contributed by atoms with Gasteiger partial charge in [0.25, 0.3) is 0 Å². The molecule has 0 radical (unpaired) electrons. The van der Waals surface area contributed by atoms with Crippen molar-refractivity contribution in [1.29, 1.82) is 0 Å². The molecule has 0 aliphatic rings. The summed E-state index contributed by atoms with van der Waals surface area (Å²) >= 11 is 0. The van der Waals surface area contributed by atoms with Crippen LogP contribution < -0.4 is 5.73 Å². The summed E-state index contributed by atoms with van der Waals surface area (Å²) in [5.41, 5.74) is 8.29. The van der Waals surface area contributed by atoms with E-state index in [-0.39, 0.29) is 0 Å². The molecule has 0 spiro atoms. The van der Waals surface area contributed by atoms with E-state index in [9.17, 15) is 0 Å². The summed E-state index contributed by atoms with van der Waals surface area (Å²) in [5.74, 6) is 0. The Kier molecular flexibility index (Phi) is 2.18. The Morgan fingerprint density at radius 2 is 2.29 bits per heavy atom. The fraction of sp³-hybridized carbons (Fsp3) is 0.200. The average Bonchev–Trinajstić information content (AvgIpc) is 2.66. The highest BCUT2D eigenvalue weighted by Gasteiger charge is 2.02. The number of benzene rings is 1. The predicted octanol–water partition coefficient (Wildman–Crippen LogP) is 1.55. The van der Waals surface area contributed by atoms with Crippen LogP contribution in [0, 0.1) is 0 Å². The molecule has 0 aliphatic carbocycles. The molecule has 2 rings (SSSR count). The fourth-order valence-corrected chi connectivity index (χ4v) is 1.28. The van der Waals surface area contributed by atoms with E-state index in [1.807, 2.05) is 37.4 Å². The van der Waals surface area contributed by atoms with Crippen molar-refractivity contribution >= 4 is 5.69 Å². The van der Waals surface area contributed by atoms with Crippen LogP contribution in [-0.4, -0.2) is 15.0 Å².